The van der Waals surface area contributed by atoms with Crippen molar-refractivity contribution in [3.8, 4) is 6.07 Å². The zero-order valence-corrected chi connectivity index (χ0v) is 13.4. The van der Waals surface area contributed by atoms with Crippen LogP contribution < -0.4 is 10.2 Å². The molecule has 2 unspecified atom stereocenters. The molecule has 0 amide bonds. The summed E-state index contributed by atoms with van der Waals surface area (Å²) in [5.74, 6) is 0. The van der Waals surface area contributed by atoms with Gasteiger partial charge >= 0.3 is 0 Å². The maximum Gasteiger partial charge on any atom is 0.101 e. The molecule has 2 aliphatic heterocycles. The predicted molar refractivity (Wildman–Crippen MR) is 84.8 cm³/mol. The second-order valence-electron chi connectivity index (χ2n) is 5.82. The summed E-state index contributed by atoms with van der Waals surface area (Å²) < 4.78 is 0.972. The molecule has 3 nitrogen and oxygen atoms in total. The molecule has 0 spiro atoms. The number of hydrogen-bond donors (Lipinski definition) is 1. The Hall–Kier alpha value is -1.05. The summed E-state index contributed by atoms with van der Waals surface area (Å²) in [6.07, 6.45) is 5.02. The molecule has 1 N–H and O–H groups in total. The zero-order valence-electron chi connectivity index (χ0n) is 11.8. The molecule has 1 aromatic carbocycles. The number of nitrogens with zero attached hydrogens (tertiary/aromatic N) is 2. The van der Waals surface area contributed by atoms with E-state index in [1.807, 2.05) is 12.1 Å². The highest BCUT2D eigenvalue weighted by Gasteiger charge is 2.36. The molecule has 0 aromatic heterocycles. The predicted octanol–water partition coefficient (Wildman–Crippen LogP) is 3.43. The summed E-state index contributed by atoms with van der Waals surface area (Å²) in [5, 5.41) is 13.1. The van der Waals surface area contributed by atoms with Crippen molar-refractivity contribution in [2.24, 2.45) is 0 Å². The lowest BCUT2D eigenvalue weighted by Gasteiger charge is -2.39. The van der Waals surface area contributed by atoms with Crippen LogP contribution in [0.3, 0.4) is 0 Å². The standard InChI is InChI=1S/C16H20BrN3/c1-2-20(15-8-13-4-5-14(9-15)19-13)16-6-3-12(17)7-11(16)10-18/h3,6-7,13-15,19H,2,4-5,8-9H2,1H3. The molecule has 2 aliphatic rings. The maximum atomic E-state index is 9.39. The smallest absolute Gasteiger partial charge is 0.101 e. The first kappa shape index (κ1) is 13.9. The molecule has 2 bridgehead atoms. The van der Waals surface area contributed by atoms with Crippen molar-refractivity contribution in [1.82, 2.24) is 5.32 Å². The Labute approximate surface area is 129 Å². The summed E-state index contributed by atoms with van der Waals surface area (Å²) in [6.45, 7) is 3.15. The van der Waals surface area contributed by atoms with Crippen LogP contribution in [0.5, 0.6) is 0 Å². The Morgan fingerprint density at radius 2 is 2.05 bits per heavy atom. The van der Waals surface area contributed by atoms with E-state index in [1.54, 1.807) is 0 Å². The number of benzene rings is 1. The summed E-state index contributed by atoms with van der Waals surface area (Å²) in [6, 6.07) is 10.3. The number of rotatable bonds is 3. The van der Waals surface area contributed by atoms with Gasteiger partial charge in [0.05, 0.1) is 11.3 Å². The van der Waals surface area contributed by atoms with Crippen LogP contribution >= 0.6 is 15.9 Å². The molecule has 2 heterocycles. The Bertz CT molecular complexity index is 525. The Morgan fingerprint density at radius 1 is 1.35 bits per heavy atom. The van der Waals surface area contributed by atoms with Gasteiger partial charge in [-0.2, -0.15) is 5.26 Å². The summed E-state index contributed by atoms with van der Waals surface area (Å²) in [5.41, 5.74) is 1.86. The van der Waals surface area contributed by atoms with Gasteiger partial charge < -0.3 is 10.2 Å². The van der Waals surface area contributed by atoms with Gasteiger partial charge in [-0.25, -0.2) is 0 Å². The van der Waals surface area contributed by atoms with E-state index < -0.39 is 0 Å². The van der Waals surface area contributed by atoms with E-state index in [4.69, 9.17) is 0 Å². The van der Waals surface area contributed by atoms with E-state index in [9.17, 15) is 5.26 Å². The minimum Gasteiger partial charge on any atom is -0.368 e. The van der Waals surface area contributed by atoms with Crippen molar-refractivity contribution in [1.29, 1.82) is 5.26 Å². The number of nitrogens with one attached hydrogen (secondary N) is 1. The molecule has 3 rings (SSSR count). The molecule has 106 valence electrons. The number of nitriles is 1. The van der Waals surface area contributed by atoms with E-state index in [2.05, 4.69) is 45.2 Å². The van der Waals surface area contributed by atoms with Gasteiger partial charge in [-0.15, -0.1) is 0 Å². The molecule has 0 aliphatic carbocycles. The third kappa shape index (κ3) is 2.57. The van der Waals surface area contributed by atoms with Gasteiger partial charge in [0, 0.05) is 29.1 Å². The molecule has 2 fully saturated rings. The van der Waals surface area contributed by atoms with Gasteiger partial charge in [0.1, 0.15) is 6.07 Å². The van der Waals surface area contributed by atoms with Crippen molar-refractivity contribution in [2.45, 2.75) is 50.7 Å². The third-order valence-corrected chi connectivity index (χ3v) is 5.11. The second kappa shape index (κ2) is 5.75. The molecule has 4 heteroatoms. The van der Waals surface area contributed by atoms with Crippen LogP contribution in [0.15, 0.2) is 22.7 Å². The van der Waals surface area contributed by atoms with Crippen LogP contribution in [0.4, 0.5) is 5.69 Å². The zero-order chi connectivity index (χ0) is 14.1. The lowest BCUT2D eigenvalue weighted by atomic mass is 9.97. The third-order valence-electron chi connectivity index (χ3n) is 4.62. The Morgan fingerprint density at radius 3 is 2.65 bits per heavy atom. The fourth-order valence-electron chi connectivity index (χ4n) is 3.76. The van der Waals surface area contributed by atoms with Crippen LogP contribution in [0.25, 0.3) is 0 Å². The van der Waals surface area contributed by atoms with Gasteiger partial charge in [-0.1, -0.05) is 15.9 Å². The second-order valence-corrected chi connectivity index (χ2v) is 6.74. The lowest BCUT2D eigenvalue weighted by Crippen LogP contribution is -2.48. The molecule has 0 saturated carbocycles. The largest absolute Gasteiger partial charge is 0.368 e. The van der Waals surface area contributed by atoms with Gasteiger partial charge in [0.2, 0.25) is 0 Å². The molecule has 0 radical (unpaired) electrons. The first-order chi connectivity index (χ1) is 9.71. The summed E-state index contributed by atoms with van der Waals surface area (Å²) in [7, 11) is 0. The van der Waals surface area contributed by atoms with E-state index in [0.29, 0.717) is 18.1 Å². The average Bonchev–Trinajstić information content (AvgIpc) is 2.80. The minimum atomic E-state index is 0.562. The molecular formula is C16H20BrN3. The monoisotopic (exact) mass is 333 g/mol. The van der Waals surface area contributed by atoms with Crippen LogP contribution in [0.2, 0.25) is 0 Å². The van der Waals surface area contributed by atoms with Crippen molar-refractivity contribution in [2.75, 3.05) is 11.4 Å². The molecule has 1 aromatic rings. The number of halogens is 1. The van der Waals surface area contributed by atoms with Crippen LogP contribution in [0.1, 0.15) is 38.2 Å². The van der Waals surface area contributed by atoms with Crippen LogP contribution in [0, 0.1) is 11.3 Å². The van der Waals surface area contributed by atoms with Crippen LogP contribution in [-0.2, 0) is 0 Å². The SMILES string of the molecule is CCN(c1ccc(Br)cc1C#N)C1CC2CCC(C1)N2. The fourth-order valence-corrected chi connectivity index (χ4v) is 4.12. The summed E-state index contributed by atoms with van der Waals surface area (Å²) >= 11 is 3.45. The number of fused-ring (bicyclic) bond motifs is 2. The molecule has 20 heavy (non-hydrogen) atoms. The lowest BCUT2D eigenvalue weighted by molar-refractivity contribution is 0.349. The van der Waals surface area contributed by atoms with Crippen molar-refractivity contribution >= 4 is 21.6 Å². The van der Waals surface area contributed by atoms with E-state index in [-0.39, 0.29) is 0 Å². The van der Waals surface area contributed by atoms with Gasteiger partial charge in [-0.05, 0) is 50.8 Å². The fraction of sp³-hybridized carbons (Fsp3) is 0.562. The number of anilines is 1. The van der Waals surface area contributed by atoms with E-state index in [1.165, 1.54) is 25.7 Å². The van der Waals surface area contributed by atoms with Gasteiger partial charge in [-0.3, -0.25) is 0 Å². The number of hydrogen-bond acceptors (Lipinski definition) is 3. The minimum absolute atomic E-state index is 0.562. The average molecular weight is 334 g/mol. The first-order valence-electron chi connectivity index (χ1n) is 7.43. The quantitative estimate of drug-likeness (QED) is 0.920. The van der Waals surface area contributed by atoms with Crippen molar-refractivity contribution in [3.63, 3.8) is 0 Å². The van der Waals surface area contributed by atoms with Crippen molar-refractivity contribution < 1.29 is 0 Å². The van der Waals surface area contributed by atoms with Crippen molar-refractivity contribution in [3.05, 3.63) is 28.2 Å². The first-order valence-corrected chi connectivity index (χ1v) is 8.23. The molecule has 2 saturated heterocycles. The number of piperidine rings is 1. The van der Waals surface area contributed by atoms with Crippen LogP contribution in [-0.4, -0.2) is 24.7 Å². The Kier molecular flexibility index (Phi) is 4.00. The maximum absolute atomic E-state index is 9.39. The Balaban J connectivity index is 1.88. The molecular weight excluding hydrogens is 314 g/mol. The van der Waals surface area contributed by atoms with E-state index in [0.717, 1.165) is 22.3 Å². The summed E-state index contributed by atoms with van der Waals surface area (Å²) in [4.78, 5) is 2.43. The highest BCUT2D eigenvalue weighted by Crippen LogP contribution is 2.34. The normalized spacial score (nSPS) is 28.1. The van der Waals surface area contributed by atoms with Gasteiger partial charge in [0.25, 0.3) is 0 Å². The van der Waals surface area contributed by atoms with Gasteiger partial charge in [0.15, 0.2) is 0 Å². The molecule has 2 atom stereocenters. The topological polar surface area (TPSA) is 39.1 Å². The highest BCUT2D eigenvalue weighted by molar-refractivity contribution is 9.10. The highest BCUT2D eigenvalue weighted by atomic mass is 79.9. The van der Waals surface area contributed by atoms with E-state index >= 15 is 0 Å².